The fourth-order valence-corrected chi connectivity index (χ4v) is 4.29. The number of sulfonamides is 1. The molecule has 0 radical (unpaired) electrons. The van der Waals surface area contributed by atoms with Crippen LogP contribution in [0.4, 0.5) is 5.82 Å². The SMILES string of the molecule is Cc1nc(C2CCN(C(=O)CNS(C)(=O)=O)C2)nc2c1CCC(=O)N2CCC(C)C. The van der Waals surface area contributed by atoms with Crippen LogP contribution in [0.1, 0.15) is 56.1 Å². The minimum Gasteiger partial charge on any atom is -0.341 e. The standard InChI is InChI=1S/C20H31N5O4S/c1-13(2)7-10-25-17(26)6-5-16-14(3)22-19(23-20(16)25)15-8-9-24(12-15)18(27)11-21-30(4,28)29/h13,15,21H,5-12H2,1-4H3. The van der Waals surface area contributed by atoms with Gasteiger partial charge in [-0.15, -0.1) is 0 Å². The van der Waals surface area contributed by atoms with Gasteiger partial charge in [-0.1, -0.05) is 13.8 Å². The third kappa shape index (κ3) is 5.34. The lowest BCUT2D eigenvalue weighted by molar-refractivity contribution is -0.128. The first-order chi connectivity index (χ1) is 14.0. The van der Waals surface area contributed by atoms with Gasteiger partial charge in [0, 0.05) is 43.2 Å². The summed E-state index contributed by atoms with van der Waals surface area (Å²) in [6, 6.07) is 0. The van der Waals surface area contributed by atoms with Crippen molar-refractivity contribution in [1.82, 2.24) is 19.6 Å². The van der Waals surface area contributed by atoms with Crippen molar-refractivity contribution >= 4 is 27.7 Å². The summed E-state index contributed by atoms with van der Waals surface area (Å²) in [6.07, 6.45) is 3.78. The highest BCUT2D eigenvalue weighted by atomic mass is 32.2. The number of fused-ring (bicyclic) bond motifs is 1. The van der Waals surface area contributed by atoms with E-state index in [-0.39, 0.29) is 24.3 Å². The normalized spacial score (nSPS) is 19.5. The lowest BCUT2D eigenvalue weighted by Gasteiger charge is -2.30. The van der Waals surface area contributed by atoms with Crippen LogP contribution in [-0.4, -0.2) is 67.5 Å². The predicted molar refractivity (Wildman–Crippen MR) is 114 cm³/mol. The second-order valence-electron chi connectivity index (χ2n) is 8.62. The fourth-order valence-electron chi connectivity index (χ4n) is 3.91. The number of nitrogens with one attached hydrogen (secondary N) is 1. The number of amides is 2. The number of likely N-dealkylation sites (tertiary alicyclic amines) is 1. The molecule has 0 bridgehead atoms. The van der Waals surface area contributed by atoms with Crippen molar-refractivity contribution < 1.29 is 18.0 Å². The number of carbonyl (C=O) groups is 2. The molecule has 9 nitrogen and oxygen atoms in total. The zero-order chi connectivity index (χ0) is 22.1. The minimum atomic E-state index is -3.41. The molecule has 10 heteroatoms. The molecule has 0 spiro atoms. The highest BCUT2D eigenvalue weighted by Gasteiger charge is 2.33. The monoisotopic (exact) mass is 437 g/mol. The molecule has 1 atom stereocenters. The second kappa shape index (κ2) is 8.97. The van der Waals surface area contributed by atoms with E-state index in [2.05, 4.69) is 18.6 Å². The van der Waals surface area contributed by atoms with Crippen LogP contribution in [0.25, 0.3) is 0 Å². The van der Waals surface area contributed by atoms with Gasteiger partial charge in [0.1, 0.15) is 11.6 Å². The topological polar surface area (TPSA) is 113 Å². The van der Waals surface area contributed by atoms with E-state index < -0.39 is 10.0 Å². The fraction of sp³-hybridized carbons (Fsp3) is 0.700. The zero-order valence-corrected chi connectivity index (χ0v) is 19.0. The molecule has 2 amide bonds. The largest absolute Gasteiger partial charge is 0.341 e. The maximum atomic E-state index is 12.6. The van der Waals surface area contributed by atoms with Gasteiger partial charge in [0.2, 0.25) is 21.8 Å². The number of anilines is 1. The average Bonchev–Trinajstić information content (AvgIpc) is 3.14. The molecule has 1 aromatic heterocycles. The molecule has 3 rings (SSSR count). The quantitative estimate of drug-likeness (QED) is 0.680. The number of hydrogen-bond acceptors (Lipinski definition) is 6. The van der Waals surface area contributed by atoms with Crippen LogP contribution in [-0.2, 0) is 26.0 Å². The predicted octanol–water partition coefficient (Wildman–Crippen LogP) is 0.975. The van der Waals surface area contributed by atoms with Crippen LogP contribution in [0.3, 0.4) is 0 Å². The number of aromatic nitrogens is 2. The Labute approximate surface area is 178 Å². The van der Waals surface area contributed by atoms with E-state index in [0.717, 1.165) is 29.8 Å². The van der Waals surface area contributed by atoms with Crippen LogP contribution in [0.2, 0.25) is 0 Å². The highest BCUT2D eigenvalue weighted by Crippen LogP contribution is 2.32. The molecule has 3 heterocycles. The minimum absolute atomic E-state index is 0.0276. The van der Waals surface area contributed by atoms with Gasteiger partial charge in [0.05, 0.1) is 12.8 Å². The summed E-state index contributed by atoms with van der Waals surface area (Å²) in [5.41, 5.74) is 1.92. The van der Waals surface area contributed by atoms with E-state index >= 15 is 0 Å². The Morgan fingerprint density at radius 3 is 2.67 bits per heavy atom. The highest BCUT2D eigenvalue weighted by molar-refractivity contribution is 7.88. The van der Waals surface area contributed by atoms with Gasteiger partial charge in [0.15, 0.2) is 0 Å². The Balaban J connectivity index is 1.77. The Hall–Kier alpha value is -2.07. The van der Waals surface area contributed by atoms with Gasteiger partial charge in [-0.3, -0.25) is 14.5 Å². The summed E-state index contributed by atoms with van der Waals surface area (Å²) >= 11 is 0. The molecule has 1 fully saturated rings. The first-order valence-electron chi connectivity index (χ1n) is 10.5. The smallest absolute Gasteiger partial charge is 0.237 e. The first kappa shape index (κ1) is 22.6. The molecule has 0 aliphatic carbocycles. The van der Waals surface area contributed by atoms with Gasteiger partial charge in [-0.05, 0) is 32.1 Å². The van der Waals surface area contributed by atoms with Crippen molar-refractivity contribution in [1.29, 1.82) is 0 Å². The summed E-state index contributed by atoms with van der Waals surface area (Å²) in [4.78, 5) is 37.8. The molecule has 2 aliphatic rings. The molecular formula is C20H31N5O4S. The lowest BCUT2D eigenvalue weighted by atomic mass is 10.0. The number of hydrogen-bond donors (Lipinski definition) is 1. The van der Waals surface area contributed by atoms with Gasteiger partial charge in [0.25, 0.3) is 0 Å². The molecule has 1 aromatic rings. The third-order valence-electron chi connectivity index (χ3n) is 5.68. The molecule has 166 valence electrons. The van der Waals surface area contributed by atoms with E-state index in [1.54, 1.807) is 9.80 Å². The van der Waals surface area contributed by atoms with Crippen molar-refractivity contribution in [2.24, 2.45) is 5.92 Å². The summed E-state index contributed by atoms with van der Waals surface area (Å²) < 4.78 is 24.7. The van der Waals surface area contributed by atoms with E-state index in [1.165, 1.54) is 0 Å². The molecule has 1 N–H and O–H groups in total. The molecule has 1 saturated heterocycles. The number of rotatable bonds is 7. The van der Waals surface area contributed by atoms with E-state index in [1.807, 2.05) is 6.92 Å². The van der Waals surface area contributed by atoms with Gasteiger partial charge in [-0.2, -0.15) is 0 Å². The van der Waals surface area contributed by atoms with Crippen LogP contribution in [0, 0.1) is 12.8 Å². The van der Waals surface area contributed by atoms with Crippen molar-refractivity contribution in [2.45, 2.75) is 52.4 Å². The molecule has 1 unspecified atom stereocenters. The third-order valence-corrected chi connectivity index (χ3v) is 6.35. The number of nitrogens with zero attached hydrogens (tertiary/aromatic N) is 4. The second-order valence-corrected chi connectivity index (χ2v) is 10.4. The lowest BCUT2D eigenvalue weighted by Crippen LogP contribution is -2.39. The van der Waals surface area contributed by atoms with Gasteiger partial charge < -0.3 is 4.90 Å². The first-order valence-corrected chi connectivity index (χ1v) is 12.3. The zero-order valence-electron chi connectivity index (χ0n) is 18.1. The maximum Gasteiger partial charge on any atom is 0.237 e. The summed E-state index contributed by atoms with van der Waals surface area (Å²) in [5, 5.41) is 0. The Bertz CT molecular complexity index is 931. The van der Waals surface area contributed by atoms with Gasteiger partial charge in [-0.25, -0.2) is 23.1 Å². The van der Waals surface area contributed by atoms with Crippen molar-refractivity contribution in [3.63, 3.8) is 0 Å². The Morgan fingerprint density at radius 1 is 1.27 bits per heavy atom. The van der Waals surface area contributed by atoms with E-state index in [4.69, 9.17) is 9.97 Å². The van der Waals surface area contributed by atoms with E-state index in [9.17, 15) is 18.0 Å². The van der Waals surface area contributed by atoms with E-state index in [0.29, 0.717) is 50.6 Å². The Morgan fingerprint density at radius 2 is 2.00 bits per heavy atom. The summed E-state index contributed by atoms with van der Waals surface area (Å²) in [7, 11) is -3.41. The van der Waals surface area contributed by atoms with Crippen LogP contribution < -0.4 is 9.62 Å². The molecule has 0 aromatic carbocycles. The average molecular weight is 438 g/mol. The maximum absolute atomic E-state index is 12.6. The van der Waals surface area contributed by atoms with Gasteiger partial charge >= 0.3 is 0 Å². The Kier molecular flexibility index (Phi) is 6.76. The molecule has 30 heavy (non-hydrogen) atoms. The van der Waals surface area contributed by atoms with Crippen molar-refractivity contribution in [3.05, 3.63) is 17.1 Å². The number of carbonyl (C=O) groups excluding carboxylic acids is 2. The number of aryl methyl sites for hydroxylation is 1. The van der Waals surface area contributed by atoms with Crippen molar-refractivity contribution in [2.75, 3.05) is 37.3 Å². The van der Waals surface area contributed by atoms with Crippen LogP contribution in [0.15, 0.2) is 0 Å². The van der Waals surface area contributed by atoms with Crippen molar-refractivity contribution in [3.8, 4) is 0 Å². The molecule has 2 aliphatic heterocycles. The molecular weight excluding hydrogens is 406 g/mol. The summed E-state index contributed by atoms with van der Waals surface area (Å²) in [5.74, 6) is 1.68. The summed E-state index contributed by atoms with van der Waals surface area (Å²) in [6.45, 7) is 7.60. The molecule has 0 saturated carbocycles. The van der Waals surface area contributed by atoms with Crippen LogP contribution >= 0.6 is 0 Å². The van der Waals surface area contributed by atoms with Crippen LogP contribution in [0.5, 0.6) is 0 Å².